The van der Waals surface area contributed by atoms with Crippen LogP contribution in [-0.2, 0) is 14.3 Å². The quantitative estimate of drug-likeness (QED) is 0.187. The number of hydrogen-bond donors (Lipinski definition) is 0. The predicted octanol–water partition coefficient (Wildman–Crippen LogP) is 5.86. The van der Waals surface area contributed by atoms with Crippen LogP contribution in [0.3, 0.4) is 0 Å². The second-order valence-electron chi connectivity index (χ2n) is 5.40. The highest BCUT2D eigenvalue weighted by Gasteiger charge is 1.99. The Morgan fingerprint density at radius 2 is 1.03 bits per heavy atom. The summed E-state index contributed by atoms with van der Waals surface area (Å²) in [6.45, 7) is 9.75. The van der Waals surface area contributed by atoms with E-state index >= 15 is 0 Å². The van der Waals surface area contributed by atoms with E-state index in [2.05, 4.69) is 137 Å². The molecular weight excluding hydrogens is 422 g/mol. The third kappa shape index (κ3) is 21.7. The van der Waals surface area contributed by atoms with Gasteiger partial charge in [0.15, 0.2) is 0 Å². The Balaban J connectivity index is -0.0000000287. The smallest absolute Gasteiger partial charge is 0.385 e. The monoisotopic (exact) mass is 483 g/mol. The minimum Gasteiger partial charge on any atom is -0.454 e. The fourth-order valence-electron chi connectivity index (χ4n) is 1.71. The van der Waals surface area contributed by atoms with Gasteiger partial charge in [-0.05, 0) is 115 Å². The van der Waals surface area contributed by atoms with Crippen LogP contribution in [0.1, 0.15) is 49.3 Å². The summed E-state index contributed by atoms with van der Waals surface area (Å²) < 4.78 is 10.3. The highest BCUT2D eigenvalue weighted by atomic mass is 16.6. The van der Waals surface area contributed by atoms with Crippen molar-refractivity contribution in [3.05, 3.63) is 0 Å². The van der Waals surface area contributed by atoms with Gasteiger partial charge in [-0.3, -0.25) is 0 Å². The molecular formula is C30H61NO3. The fraction of sp³-hybridized carbons (Fsp3) is 0.300. The van der Waals surface area contributed by atoms with E-state index in [4.69, 9.17) is 9.47 Å². The lowest BCUT2D eigenvalue weighted by molar-refractivity contribution is -0.138. The highest BCUT2D eigenvalue weighted by molar-refractivity contribution is 5.89. The molecule has 0 aromatic heterocycles. The van der Waals surface area contributed by atoms with E-state index in [0.29, 0.717) is 13.2 Å². The zero-order valence-electron chi connectivity index (χ0n) is 19.4. The Hall–Kier alpha value is -5.01. The first kappa shape index (κ1) is 29.0. The number of carbonyl (C=O) groups is 1. The standard InChI is InChI=1S/C30H21NO3.20H2/c1-4-7-8-9-10-11-12-13-14-15-16-17-18-19-20-21-22-23-24-25-30(32)34-29-28-33-27-26-31(5-2)6-3;;;;;;;;;;;;;;;;;;;;/h5-6,26-29H2,1-3H3;20*1H. The van der Waals surface area contributed by atoms with Gasteiger partial charge in [-0.1, -0.05) is 19.8 Å². The molecule has 0 amide bonds. The Bertz CT molecular complexity index is 1360. The molecule has 4 heteroatoms. The summed E-state index contributed by atoms with van der Waals surface area (Å²) in [6.07, 6.45) is 0. The molecule has 204 valence electrons. The number of rotatable bonds is 8. The van der Waals surface area contributed by atoms with Crippen molar-refractivity contribution in [3.63, 3.8) is 0 Å². The molecule has 0 atom stereocenters. The maximum Gasteiger partial charge on any atom is 0.385 e. The van der Waals surface area contributed by atoms with Crippen LogP contribution in [0.4, 0.5) is 0 Å². The number of carbonyl (C=O) groups excluding carboxylic acids is 1. The van der Waals surface area contributed by atoms with Gasteiger partial charge in [0, 0.05) is 52.8 Å². The molecule has 0 aromatic carbocycles. The zero-order chi connectivity index (χ0) is 25.0. The summed E-state index contributed by atoms with van der Waals surface area (Å²) in [6, 6.07) is 0. The number of nitrogens with zero attached hydrogens (tertiary/aromatic N) is 1. The van der Waals surface area contributed by atoms with Gasteiger partial charge < -0.3 is 14.4 Å². The summed E-state index contributed by atoms with van der Waals surface area (Å²) in [7, 11) is 0. The van der Waals surface area contributed by atoms with E-state index < -0.39 is 5.97 Å². The van der Waals surface area contributed by atoms with Crippen LogP contribution in [0.5, 0.6) is 0 Å². The van der Waals surface area contributed by atoms with Crippen LogP contribution in [0.25, 0.3) is 0 Å². The zero-order valence-corrected chi connectivity index (χ0v) is 19.4. The van der Waals surface area contributed by atoms with Gasteiger partial charge in [0.2, 0.25) is 0 Å². The summed E-state index contributed by atoms with van der Waals surface area (Å²) in [4.78, 5) is 13.7. The Morgan fingerprint density at radius 3 is 1.44 bits per heavy atom. The first-order valence-electron chi connectivity index (χ1n) is 10.1. The van der Waals surface area contributed by atoms with Crippen molar-refractivity contribution in [2.75, 3.05) is 39.5 Å². The minimum atomic E-state index is -0.669. The average molecular weight is 484 g/mol. The van der Waals surface area contributed by atoms with Crippen molar-refractivity contribution in [1.29, 1.82) is 0 Å². The summed E-state index contributed by atoms with van der Waals surface area (Å²) in [5, 5.41) is 0. The summed E-state index contributed by atoms with van der Waals surface area (Å²) >= 11 is 0. The third-order valence-corrected chi connectivity index (χ3v) is 3.26. The number of likely N-dealkylation sites (N-methyl/N-ethyl adjacent to an activating group) is 1. The number of hydrogen-bond acceptors (Lipinski definition) is 4. The van der Waals surface area contributed by atoms with E-state index in [0.717, 1.165) is 19.6 Å². The number of ether oxygens (including phenoxy) is 2. The molecule has 0 aromatic rings. The summed E-state index contributed by atoms with van der Waals surface area (Å²) in [5.41, 5.74) is 0. The first-order valence-corrected chi connectivity index (χ1v) is 10.1. The van der Waals surface area contributed by atoms with E-state index in [1.54, 1.807) is 6.92 Å². The Kier molecular flexibility index (Phi) is 20.7. The largest absolute Gasteiger partial charge is 0.454 e. The van der Waals surface area contributed by atoms with Gasteiger partial charge in [0.05, 0.1) is 13.2 Å². The second kappa shape index (κ2) is 24.3. The molecule has 0 fully saturated rings. The lowest BCUT2D eigenvalue weighted by Gasteiger charge is -2.17. The maximum absolute atomic E-state index is 11.4. The van der Waals surface area contributed by atoms with Gasteiger partial charge in [-0.2, -0.15) is 0 Å². The molecule has 0 aliphatic heterocycles. The fourth-order valence-corrected chi connectivity index (χ4v) is 1.71. The molecule has 0 unspecified atom stereocenters. The third-order valence-electron chi connectivity index (χ3n) is 3.26. The molecule has 0 N–H and O–H groups in total. The van der Waals surface area contributed by atoms with E-state index in [-0.39, 0.29) is 35.1 Å². The molecule has 34 heavy (non-hydrogen) atoms. The Morgan fingerprint density at radius 1 is 0.618 bits per heavy atom. The van der Waals surface area contributed by atoms with Gasteiger partial charge >= 0.3 is 5.97 Å². The van der Waals surface area contributed by atoms with Crippen LogP contribution in [0.15, 0.2) is 0 Å². The molecule has 0 radical (unpaired) electrons. The van der Waals surface area contributed by atoms with Gasteiger partial charge in [0.1, 0.15) is 6.61 Å². The SMILES string of the molecule is CC#CC#CC#CC#CC#CC#CC#CC#CC#CC#CC(=O)OCCOCCN(CC)CC.[HH].[HH].[HH].[HH].[HH].[HH].[HH].[HH].[HH].[HH].[HH].[HH].[HH].[HH].[HH].[HH].[HH].[HH].[HH].[HH]. The normalized spacial score (nSPS) is 6.71. The van der Waals surface area contributed by atoms with Crippen LogP contribution in [0, 0.1) is 118 Å². The molecule has 0 aliphatic rings. The van der Waals surface area contributed by atoms with Crippen molar-refractivity contribution < 1.29 is 42.8 Å². The average Bonchev–Trinajstić information content (AvgIpc) is 2.85. The molecule has 0 saturated carbocycles. The van der Waals surface area contributed by atoms with E-state index in [9.17, 15) is 4.79 Å². The lowest BCUT2D eigenvalue weighted by atomic mass is 10.4. The summed E-state index contributed by atoms with van der Waals surface area (Å²) in [5.74, 6) is 48.9. The molecule has 0 rings (SSSR count). The highest BCUT2D eigenvalue weighted by Crippen LogP contribution is 1.87. The van der Waals surface area contributed by atoms with Crippen molar-refractivity contribution in [2.24, 2.45) is 0 Å². The molecule has 0 aliphatic carbocycles. The van der Waals surface area contributed by atoms with E-state index in [1.807, 2.05) is 0 Å². The van der Waals surface area contributed by atoms with Crippen LogP contribution >= 0.6 is 0 Å². The van der Waals surface area contributed by atoms with Crippen molar-refractivity contribution in [3.8, 4) is 118 Å². The van der Waals surface area contributed by atoms with Crippen LogP contribution < -0.4 is 0 Å². The number of esters is 1. The van der Waals surface area contributed by atoms with E-state index in [1.165, 1.54) is 0 Å². The second-order valence-corrected chi connectivity index (χ2v) is 5.40. The predicted molar refractivity (Wildman–Crippen MR) is 175 cm³/mol. The van der Waals surface area contributed by atoms with Crippen LogP contribution in [-0.4, -0.2) is 50.3 Å². The topological polar surface area (TPSA) is 38.8 Å². The minimum absolute atomic E-state index is 0. The molecule has 0 saturated heterocycles. The molecule has 0 spiro atoms. The lowest BCUT2D eigenvalue weighted by Crippen LogP contribution is -2.27. The van der Waals surface area contributed by atoms with Crippen molar-refractivity contribution >= 4 is 5.97 Å². The molecule has 4 nitrogen and oxygen atoms in total. The van der Waals surface area contributed by atoms with Crippen molar-refractivity contribution in [1.82, 2.24) is 4.90 Å². The maximum atomic E-state index is 11.4. The molecule has 0 heterocycles. The Labute approximate surface area is 233 Å². The van der Waals surface area contributed by atoms with Gasteiger partial charge in [0.25, 0.3) is 0 Å². The van der Waals surface area contributed by atoms with Crippen molar-refractivity contribution in [2.45, 2.75) is 20.8 Å². The van der Waals surface area contributed by atoms with Gasteiger partial charge in [-0.25, -0.2) is 4.79 Å². The van der Waals surface area contributed by atoms with Gasteiger partial charge in [-0.15, -0.1) is 0 Å². The first-order chi connectivity index (χ1) is 16.7. The molecule has 0 bridgehead atoms. The van der Waals surface area contributed by atoms with Crippen LogP contribution in [0.2, 0.25) is 0 Å².